The van der Waals surface area contributed by atoms with Crippen molar-refractivity contribution in [2.75, 3.05) is 20.6 Å². The molecule has 2 aromatic carbocycles. The van der Waals surface area contributed by atoms with E-state index < -0.39 is 0 Å². The molecular formula is C21H29IN4O2. The average Bonchev–Trinajstić information content (AvgIpc) is 2.68. The standard InChI is InChI=1S/C21H28N4O2.HI/c1-15-6-5-7-19(12-15)27-16(2)13-24-21(23-4)25-14-17-8-10-18(11-9-17)20(26)22-3;/h5-12,16H,13-14H2,1-4H3,(H,22,26)(H2,23,24,25);1H. The minimum absolute atomic E-state index is 0. The van der Waals surface area contributed by atoms with Crippen LogP contribution in [0.4, 0.5) is 0 Å². The number of hydrogen-bond acceptors (Lipinski definition) is 3. The molecule has 0 saturated heterocycles. The molecule has 2 aromatic rings. The molecule has 0 aliphatic carbocycles. The summed E-state index contributed by atoms with van der Waals surface area (Å²) in [6.07, 6.45) is -0.00260. The maximum atomic E-state index is 11.6. The molecule has 0 radical (unpaired) electrons. The van der Waals surface area contributed by atoms with E-state index in [4.69, 9.17) is 4.74 Å². The largest absolute Gasteiger partial charge is 0.489 e. The molecule has 0 aromatic heterocycles. The number of aliphatic imine (C=N–C) groups is 1. The van der Waals surface area contributed by atoms with E-state index in [0.29, 0.717) is 24.6 Å². The molecular weight excluding hydrogens is 467 g/mol. The Labute approximate surface area is 184 Å². The minimum Gasteiger partial charge on any atom is -0.489 e. The van der Waals surface area contributed by atoms with Crippen molar-refractivity contribution >= 4 is 35.8 Å². The van der Waals surface area contributed by atoms with E-state index in [1.807, 2.05) is 62.4 Å². The highest BCUT2D eigenvalue weighted by Crippen LogP contribution is 2.13. The van der Waals surface area contributed by atoms with Gasteiger partial charge in [0.2, 0.25) is 0 Å². The summed E-state index contributed by atoms with van der Waals surface area (Å²) in [4.78, 5) is 15.8. The maximum absolute atomic E-state index is 11.6. The number of rotatable bonds is 7. The molecule has 6 nitrogen and oxygen atoms in total. The second-order valence-corrected chi connectivity index (χ2v) is 6.33. The summed E-state index contributed by atoms with van der Waals surface area (Å²) in [5.74, 6) is 1.48. The summed E-state index contributed by atoms with van der Waals surface area (Å²) in [7, 11) is 3.35. The zero-order valence-corrected chi connectivity index (χ0v) is 19.1. The van der Waals surface area contributed by atoms with Gasteiger partial charge in [-0.3, -0.25) is 9.79 Å². The fourth-order valence-electron chi connectivity index (χ4n) is 2.53. The Kier molecular flexibility index (Phi) is 10.4. The molecule has 1 amide bonds. The van der Waals surface area contributed by atoms with Crippen LogP contribution < -0.4 is 20.7 Å². The number of guanidine groups is 1. The molecule has 3 N–H and O–H groups in total. The highest BCUT2D eigenvalue weighted by atomic mass is 127. The molecule has 0 saturated carbocycles. The summed E-state index contributed by atoms with van der Waals surface area (Å²) >= 11 is 0. The number of carbonyl (C=O) groups is 1. The van der Waals surface area contributed by atoms with Gasteiger partial charge in [-0.05, 0) is 49.2 Å². The first-order valence-electron chi connectivity index (χ1n) is 9.00. The molecule has 1 atom stereocenters. The Morgan fingerprint density at radius 3 is 2.46 bits per heavy atom. The van der Waals surface area contributed by atoms with Crippen molar-refractivity contribution < 1.29 is 9.53 Å². The number of nitrogens with one attached hydrogen (secondary N) is 3. The Morgan fingerprint density at radius 2 is 1.86 bits per heavy atom. The van der Waals surface area contributed by atoms with Crippen molar-refractivity contribution in [3.63, 3.8) is 0 Å². The third-order valence-corrected chi connectivity index (χ3v) is 4.01. The Balaban J connectivity index is 0.00000392. The Morgan fingerprint density at radius 1 is 1.14 bits per heavy atom. The molecule has 152 valence electrons. The normalized spacial score (nSPS) is 11.8. The van der Waals surface area contributed by atoms with E-state index in [1.54, 1.807) is 14.1 Å². The number of hydrogen-bond donors (Lipinski definition) is 3. The lowest BCUT2D eigenvalue weighted by Crippen LogP contribution is -2.41. The molecule has 0 aliphatic rings. The summed E-state index contributed by atoms with van der Waals surface area (Å²) in [6.45, 7) is 5.30. The van der Waals surface area contributed by atoms with Crippen LogP contribution in [0.2, 0.25) is 0 Å². The van der Waals surface area contributed by atoms with Crippen LogP contribution in [0.25, 0.3) is 0 Å². The van der Waals surface area contributed by atoms with E-state index in [9.17, 15) is 4.79 Å². The molecule has 0 heterocycles. The smallest absolute Gasteiger partial charge is 0.251 e. The number of benzene rings is 2. The second kappa shape index (κ2) is 12.2. The lowest BCUT2D eigenvalue weighted by Gasteiger charge is -2.18. The number of halogens is 1. The van der Waals surface area contributed by atoms with Crippen LogP contribution in [0.3, 0.4) is 0 Å². The Bertz CT molecular complexity index is 778. The molecule has 1 unspecified atom stereocenters. The topological polar surface area (TPSA) is 74.8 Å². The van der Waals surface area contributed by atoms with Crippen molar-refractivity contribution in [1.82, 2.24) is 16.0 Å². The number of ether oxygens (including phenoxy) is 1. The lowest BCUT2D eigenvalue weighted by molar-refractivity contribution is 0.0963. The molecule has 0 fully saturated rings. The highest BCUT2D eigenvalue weighted by molar-refractivity contribution is 14.0. The van der Waals surface area contributed by atoms with Gasteiger partial charge in [0.1, 0.15) is 11.9 Å². The van der Waals surface area contributed by atoms with E-state index in [0.717, 1.165) is 11.3 Å². The highest BCUT2D eigenvalue weighted by Gasteiger charge is 2.07. The van der Waals surface area contributed by atoms with Crippen molar-refractivity contribution in [3.8, 4) is 5.75 Å². The van der Waals surface area contributed by atoms with Crippen LogP contribution in [0.15, 0.2) is 53.5 Å². The monoisotopic (exact) mass is 496 g/mol. The number of nitrogens with zero attached hydrogens (tertiary/aromatic N) is 1. The summed E-state index contributed by atoms with van der Waals surface area (Å²) in [5, 5.41) is 9.13. The lowest BCUT2D eigenvalue weighted by atomic mass is 10.1. The maximum Gasteiger partial charge on any atom is 0.251 e. The van der Waals surface area contributed by atoms with Gasteiger partial charge in [0.25, 0.3) is 5.91 Å². The number of amides is 1. The molecule has 7 heteroatoms. The second-order valence-electron chi connectivity index (χ2n) is 6.33. The fourth-order valence-corrected chi connectivity index (χ4v) is 2.53. The first kappa shape index (κ1) is 23.7. The molecule has 28 heavy (non-hydrogen) atoms. The quantitative estimate of drug-likeness (QED) is 0.313. The van der Waals surface area contributed by atoms with Gasteiger partial charge in [-0.1, -0.05) is 24.3 Å². The van der Waals surface area contributed by atoms with Crippen LogP contribution in [-0.4, -0.2) is 38.6 Å². The van der Waals surface area contributed by atoms with Gasteiger partial charge in [0, 0.05) is 26.2 Å². The molecule has 0 aliphatic heterocycles. The van der Waals surface area contributed by atoms with E-state index >= 15 is 0 Å². The fraction of sp³-hybridized carbons (Fsp3) is 0.333. The van der Waals surface area contributed by atoms with Gasteiger partial charge in [0.05, 0.1) is 6.54 Å². The van der Waals surface area contributed by atoms with Gasteiger partial charge >= 0.3 is 0 Å². The molecule has 0 bridgehead atoms. The van der Waals surface area contributed by atoms with Crippen molar-refractivity contribution in [2.24, 2.45) is 4.99 Å². The van der Waals surface area contributed by atoms with Crippen LogP contribution in [-0.2, 0) is 6.54 Å². The molecule has 0 spiro atoms. The van der Waals surface area contributed by atoms with Gasteiger partial charge in [-0.15, -0.1) is 24.0 Å². The van der Waals surface area contributed by atoms with E-state index in [-0.39, 0.29) is 36.0 Å². The van der Waals surface area contributed by atoms with Crippen LogP contribution in [0, 0.1) is 6.92 Å². The Hall–Kier alpha value is -2.29. The van der Waals surface area contributed by atoms with Gasteiger partial charge in [-0.25, -0.2) is 0 Å². The van der Waals surface area contributed by atoms with Crippen LogP contribution in [0.5, 0.6) is 5.75 Å². The van der Waals surface area contributed by atoms with Crippen molar-refractivity contribution in [3.05, 3.63) is 65.2 Å². The van der Waals surface area contributed by atoms with Gasteiger partial charge in [0.15, 0.2) is 5.96 Å². The molecule has 2 rings (SSSR count). The zero-order valence-electron chi connectivity index (χ0n) is 16.8. The first-order valence-corrected chi connectivity index (χ1v) is 9.00. The minimum atomic E-state index is -0.0883. The third kappa shape index (κ3) is 7.75. The van der Waals surface area contributed by atoms with Crippen molar-refractivity contribution in [2.45, 2.75) is 26.5 Å². The zero-order chi connectivity index (χ0) is 19.6. The van der Waals surface area contributed by atoms with Gasteiger partial charge < -0.3 is 20.7 Å². The van der Waals surface area contributed by atoms with E-state index in [1.165, 1.54) is 5.56 Å². The van der Waals surface area contributed by atoms with Crippen LogP contribution >= 0.6 is 24.0 Å². The van der Waals surface area contributed by atoms with Gasteiger partial charge in [-0.2, -0.15) is 0 Å². The summed E-state index contributed by atoms with van der Waals surface area (Å²) in [6, 6.07) is 15.5. The third-order valence-electron chi connectivity index (χ3n) is 4.01. The number of carbonyl (C=O) groups excluding carboxylic acids is 1. The van der Waals surface area contributed by atoms with E-state index in [2.05, 4.69) is 20.9 Å². The van der Waals surface area contributed by atoms with Crippen molar-refractivity contribution in [1.29, 1.82) is 0 Å². The SMILES string of the molecule is CN=C(NCc1ccc(C(=O)NC)cc1)NCC(C)Oc1cccc(C)c1.I. The predicted molar refractivity (Wildman–Crippen MR) is 125 cm³/mol. The summed E-state index contributed by atoms with van der Waals surface area (Å²) in [5.41, 5.74) is 2.88. The average molecular weight is 496 g/mol. The summed E-state index contributed by atoms with van der Waals surface area (Å²) < 4.78 is 5.92. The number of aryl methyl sites for hydroxylation is 1. The first-order chi connectivity index (χ1) is 13.0. The van der Waals surface area contributed by atoms with Crippen LogP contribution in [0.1, 0.15) is 28.4 Å². The predicted octanol–water partition coefficient (Wildman–Crippen LogP) is 3.11.